The van der Waals surface area contributed by atoms with E-state index in [0.717, 1.165) is 23.9 Å². The third kappa shape index (κ3) is 5.55. The summed E-state index contributed by atoms with van der Waals surface area (Å²) in [5, 5.41) is 9.70. The van der Waals surface area contributed by atoms with Crippen LogP contribution in [0.4, 0.5) is 5.82 Å². The van der Waals surface area contributed by atoms with E-state index in [9.17, 15) is 14.7 Å². The van der Waals surface area contributed by atoms with E-state index in [1.54, 1.807) is 11.8 Å². The van der Waals surface area contributed by atoms with Gasteiger partial charge in [-0.15, -0.1) is 0 Å². The molecule has 2 aromatic rings. The number of hydrogen-bond acceptors (Lipinski definition) is 7. The minimum absolute atomic E-state index is 0.0972. The minimum Gasteiger partial charge on any atom is -0.465 e. The lowest BCUT2D eigenvalue weighted by Gasteiger charge is -2.45. The summed E-state index contributed by atoms with van der Waals surface area (Å²) < 4.78 is 7.08. The summed E-state index contributed by atoms with van der Waals surface area (Å²) in [4.78, 5) is 35.5. The van der Waals surface area contributed by atoms with E-state index in [0.29, 0.717) is 18.1 Å². The molecular formula is C29H42N4O4. The largest absolute Gasteiger partial charge is 0.465 e. The van der Waals surface area contributed by atoms with Gasteiger partial charge >= 0.3 is 5.97 Å². The number of carbonyl (C=O) groups excluding carboxylic acids is 1. The average Bonchev–Trinajstić information content (AvgIpc) is 3.12. The fraction of sp³-hybridized carbons (Fsp3) is 0.690. The van der Waals surface area contributed by atoms with Gasteiger partial charge in [0.15, 0.2) is 5.82 Å². The Balaban J connectivity index is 1.47. The summed E-state index contributed by atoms with van der Waals surface area (Å²) in [6.45, 7) is 1.87. The second-order valence-electron chi connectivity index (χ2n) is 11.0. The summed E-state index contributed by atoms with van der Waals surface area (Å²) in [5.74, 6) is -0.210. The van der Waals surface area contributed by atoms with E-state index in [1.165, 1.54) is 57.8 Å². The summed E-state index contributed by atoms with van der Waals surface area (Å²) >= 11 is 0. The molecule has 3 heterocycles. The third-order valence-electron chi connectivity index (χ3n) is 8.70. The predicted octanol–water partition coefficient (Wildman–Crippen LogP) is 4.04. The normalized spacial score (nSPS) is 25.1. The number of anilines is 1. The van der Waals surface area contributed by atoms with Gasteiger partial charge < -0.3 is 19.3 Å². The maximum atomic E-state index is 14.0. The second kappa shape index (κ2) is 11.9. The number of carbonyl (C=O) groups is 1. The van der Waals surface area contributed by atoms with Gasteiger partial charge in [-0.25, -0.2) is 4.98 Å². The molecule has 202 valence electrons. The topological polar surface area (TPSA) is 87.9 Å². The number of rotatable bonds is 8. The molecule has 3 fully saturated rings. The number of aliphatic hydroxyl groups excluding tert-OH is 1. The van der Waals surface area contributed by atoms with Crippen molar-refractivity contribution in [3.05, 3.63) is 34.6 Å². The van der Waals surface area contributed by atoms with Crippen molar-refractivity contribution in [3.63, 3.8) is 0 Å². The van der Waals surface area contributed by atoms with Crippen molar-refractivity contribution >= 4 is 22.8 Å². The molecule has 8 nitrogen and oxygen atoms in total. The van der Waals surface area contributed by atoms with Gasteiger partial charge in [0.1, 0.15) is 6.54 Å². The van der Waals surface area contributed by atoms with Crippen LogP contribution in [0.3, 0.4) is 0 Å². The van der Waals surface area contributed by atoms with Crippen molar-refractivity contribution < 1.29 is 14.6 Å². The van der Waals surface area contributed by atoms with Crippen molar-refractivity contribution in [2.45, 2.75) is 102 Å². The smallest absolute Gasteiger partial charge is 0.325 e. The number of fused-ring (bicyclic) bond motifs is 3. The second-order valence-corrected chi connectivity index (χ2v) is 11.0. The summed E-state index contributed by atoms with van der Waals surface area (Å²) in [6, 6.07) is 9.61. The number of hydrogen-bond donors (Lipinski definition) is 1. The number of benzene rings is 1. The molecule has 8 heteroatoms. The van der Waals surface area contributed by atoms with Gasteiger partial charge in [0, 0.05) is 30.7 Å². The van der Waals surface area contributed by atoms with Crippen LogP contribution in [0.1, 0.15) is 83.6 Å². The van der Waals surface area contributed by atoms with Gasteiger partial charge in [-0.05, 0) is 57.6 Å². The first-order valence-electron chi connectivity index (χ1n) is 14.4. The van der Waals surface area contributed by atoms with Crippen molar-refractivity contribution in [2.75, 3.05) is 31.2 Å². The molecule has 0 amide bonds. The van der Waals surface area contributed by atoms with E-state index < -0.39 is 5.97 Å². The number of aliphatic hydroxyl groups is 1. The van der Waals surface area contributed by atoms with E-state index in [1.807, 2.05) is 28.8 Å². The first-order valence-corrected chi connectivity index (χ1v) is 14.4. The molecule has 1 unspecified atom stereocenters. The SMILES string of the molecule is CCOC(=O)CN(CCO)c1nc2ccccc2n(C2C[C@H]3CC[C@@H](C2)N3C2CCCCCCC2)c1=O. The molecule has 2 bridgehead atoms. The van der Waals surface area contributed by atoms with Crippen LogP contribution in [0.15, 0.2) is 29.1 Å². The highest BCUT2D eigenvalue weighted by Gasteiger charge is 2.44. The Morgan fingerprint density at radius 1 is 1.00 bits per heavy atom. The Kier molecular flexibility index (Phi) is 8.45. The summed E-state index contributed by atoms with van der Waals surface area (Å²) in [5.41, 5.74) is 1.40. The molecule has 1 aliphatic carbocycles. The quantitative estimate of drug-likeness (QED) is 0.536. The Labute approximate surface area is 219 Å². The van der Waals surface area contributed by atoms with Crippen LogP contribution in [-0.2, 0) is 9.53 Å². The molecule has 1 aromatic carbocycles. The molecule has 1 saturated carbocycles. The zero-order chi connectivity index (χ0) is 25.8. The standard InChI is InChI=1S/C29H42N4O4/c1-2-37-27(35)20-31(16-17-34)28-29(36)33(26-13-9-8-12-25(26)30-28)24-18-22-14-15-23(19-24)32(22)21-10-6-4-3-5-7-11-21/h8-9,12-13,21-24,34H,2-7,10-11,14-20H2,1H3/t22-,23+,24?. The fourth-order valence-corrected chi connectivity index (χ4v) is 7.18. The summed E-state index contributed by atoms with van der Waals surface area (Å²) in [7, 11) is 0. The van der Waals surface area contributed by atoms with Crippen LogP contribution in [0.25, 0.3) is 11.0 Å². The highest BCUT2D eigenvalue weighted by Crippen LogP contribution is 2.44. The zero-order valence-corrected chi connectivity index (χ0v) is 22.2. The maximum absolute atomic E-state index is 14.0. The van der Waals surface area contributed by atoms with Crippen LogP contribution in [0.5, 0.6) is 0 Å². The minimum atomic E-state index is -0.428. The Morgan fingerprint density at radius 2 is 1.68 bits per heavy atom. The van der Waals surface area contributed by atoms with Crippen LogP contribution < -0.4 is 10.5 Å². The van der Waals surface area contributed by atoms with Crippen LogP contribution in [-0.4, -0.2) is 70.0 Å². The van der Waals surface area contributed by atoms with Gasteiger partial charge in [-0.1, -0.05) is 44.2 Å². The zero-order valence-electron chi connectivity index (χ0n) is 22.2. The van der Waals surface area contributed by atoms with E-state index in [-0.39, 0.29) is 43.7 Å². The number of piperidine rings is 1. The lowest BCUT2D eigenvalue weighted by Crippen LogP contribution is -2.50. The lowest BCUT2D eigenvalue weighted by molar-refractivity contribution is -0.141. The molecule has 2 aliphatic heterocycles. The fourth-order valence-electron chi connectivity index (χ4n) is 7.18. The van der Waals surface area contributed by atoms with Gasteiger partial charge in [0.2, 0.25) is 0 Å². The van der Waals surface area contributed by atoms with Crippen molar-refractivity contribution in [1.82, 2.24) is 14.5 Å². The van der Waals surface area contributed by atoms with E-state index in [2.05, 4.69) is 9.88 Å². The highest BCUT2D eigenvalue weighted by atomic mass is 16.5. The number of aromatic nitrogens is 2. The first-order chi connectivity index (χ1) is 18.1. The Bertz CT molecular complexity index is 1110. The average molecular weight is 511 g/mol. The molecule has 3 atom stereocenters. The van der Waals surface area contributed by atoms with Crippen molar-refractivity contribution in [3.8, 4) is 0 Å². The predicted molar refractivity (Wildman–Crippen MR) is 145 cm³/mol. The van der Waals surface area contributed by atoms with E-state index in [4.69, 9.17) is 4.74 Å². The number of para-hydroxylation sites is 2. The number of esters is 1. The van der Waals surface area contributed by atoms with Gasteiger partial charge in [0.05, 0.1) is 24.2 Å². The molecule has 3 aliphatic rings. The molecule has 0 spiro atoms. The van der Waals surface area contributed by atoms with Gasteiger partial charge in [-0.3, -0.25) is 14.5 Å². The monoisotopic (exact) mass is 510 g/mol. The Hall–Kier alpha value is -2.45. The lowest BCUT2D eigenvalue weighted by atomic mass is 9.89. The molecular weight excluding hydrogens is 468 g/mol. The Morgan fingerprint density at radius 3 is 2.35 bits per heavy atom. The van der Waals surface area contributed by atoms with Gasteiger partial charge in [0.25, 0.3) is 5.56 Å². The molecule has 37 heavy (non-hydrogen) atoms. The van der Waals surface area contributed by atoms with E-state index >= 15 is 0 Å². The third-order valence-corrected chi connectivity index (χ3v) is 8.70. The molecule has 0 radical (unpaired) electrons. The molecule has 2 saturated heterocycles. The molecule has 1 N–H and O–H groups in total. The molecule has 5 rings (SSSR count). The van der Waals surface area contributed by atoms with Crippen LogP contribution in [0.2, 0.25) is 0 Å². The first kappa shape index (κ1) is 26.2. The maximum Gasteiger partial charge on any atom is 0.325 e. The summed E-state index contributed by atoms with van der Waals surface area (Å²) in [6.07, 6.45) is 13.8. The highest BCUT2D eigenvalue weighted by molar-refractivity contribution is 5.79. The molecule has 1 aromatic heterocycles. The number of nitrogens with zero attached hydrogens (tertiary/aromatic N) is 4. The van der Waals surface area contributed by atoms with Crippen LogP contribution in [0, 0.1) is 0 Å². The number of ether oxygens (including phenoxy) is 1. The van der Waals surface area contributed by atoms with Crippen LogP contribution >= 0.6 is 0 Å². The van der Waals surface area contributed by atoms with Gasteiger partial charge in [-0.2, -0.15) is 0 Å². The van der Waals surface area contributed by atoms with Crippen molar-refractivity contribution in [1.29, 1.82) is 0 Å². The van der Waals surface area contributed by atoms with Crippen molar-refractivity contribution in [2.24, 2.45) is 0 Å².